The molecular formula is C25H18BrF3N2O5S. The molecule has 0 atom stereocenters. The van der Waals surface area contributed by atoms with Crippen LogP contribution in [0.2, 0.25) is 0 Å². The molecule has 0 aliphatic heterocycles. The lowest BCUT2D eigenvalue weighted by Crippen LogP contribution is -2.14. The van der Waals surface area contributed by atoms with Crippen molar-refractivity contribution in [3.8, 4) is 17.6 Å². The van der Waals surface area contributed by atoms with Crippen LogP contribution in [0.15, 0.2) is 81.7 Å². The molecule has 0 spiro atoms. The quantitative estimate of drug-likeness (QED) is 0.190. The molecule has 0 aliphatic rings. The van der Waals surface area contributed by atoms with E-state index < -0.39 is 33.3 Å². The van der Waals surface area contributed by atoms with Gasteiger partial charge in [-0.2, -0.15) is 26.9 Å². The Morgan fingerprint density at radius 2 is 1.81 bits per heavy atom. The molecule has 192 valence electrons. The summed E-state index contributed by atoms with van der Waals surface area (Å²) in [6.45, 7) is 1.80. The molecule has 0 radical (unpaired) electrons. The molecule has 0 fully saturated rings. The zero-order valence-electron chi connectivity index (χ0n) is 19.0. The molecule has 3 aromatic carbocycles. The van der Waals surface area contributed by atoms with Gasteiger partial charge in [-0.05, 0) is 77.0 Å². The van der Waals surface area contributed by atoms with Crippen molar-refractivity contribution >= 4 is 43.7 Å². The van der Waals surface area contributed by atoms with Crippen LogP contribution in [0.25, 0.3) is 6.08 Å². The Bertz CT molecular complexity index is 1480. The van der Waals surface area contributed by atoms with Crippen LogP contribution in [-0.2, 0) is 21.1 Å². The fourth-order valence-electron chi connectivity index (χ4n) is 3.05. The Hall–Kier alpha value is -3.82. The average Bonchev–Trinajstić information content (AvgIpc) is 2.85. The summed E-state index contributed by atoms with van der Waals surface area (Å²) in [7, 11) is -4.20. The number of halogens is 4. The van der Waals surface area contributed by atoms with E-state index in [0.717, 1.165) is 18.2 Å². The van der Waals surface area contributed by atoms with Gasteiger partial charge in [0.05, 0.1) is 16.6 Å². The molecule has 3 rings (SSSR count). The van der Waals surface area contributed by atoms with Crippen LogP contribution in [0.3, 0.4) is 0 Å². The molecule has 0 saturated heterocycles. The van der Waals surface area contributed by atoms with Gasteiger partial charge in [0, 0.05) is 5.69 Å². The van der Waals surface area contributed by atoms with Crippen molar-refractivity contribution in [1.82, 2.24) is 0 Å². The maximum Gasteiger partial charge on any atom is 0.416 e. The number of hydrogen-bond donors (Lipinski definition) is 1. The minimum atomic E-state index is -4.60. The molecule has 1 amide bonds. The van der Waals surface area contributed by atoms with Crippen molar-refractivity contribution in [2.24, 2.45) is 0 Å². The smallest absolute Gasteiger partial charge is 0.416 e. The standard InChI is InChI=1S/C25H18BrF3N2O5S/c1-2-35-22-13-16(12-21(26)23(22)36-37(33,34)20-9-4-3-5-10-20)11-17(15-30)24(32)31-19-8-6-7-18(14-19)25(27,28)29/h3-14H,2H2,1H3,(H,31,32)/b17-11+. The molecule has 0 unspecified atom stereocenters. The number of benzene rings is 3. The first-order valence-corrected chi connectivity index (χ1v) is 12.7. The topological polar surface area (TPSA) is 105 Å². The van der Waals surface area contributed by atoms with Gasteiger partial charge >= 0.3 is 16.3 Å². The minimum Gasteiger partial charge on any atom is -0.490 e. The minimum absolute atomic E-state index is 0.0122. The summed E-state index contributed by atoms with van der Waals surface area (Å²) in [4.78, 5) is 12.5. The molecule has 0 aromatic heterocycles. The van der Waals surface area contributed by atoms with Crippen molar-refractivity contribution in [3.63, 3.8) is 0 Å². The molecule has 0 bridgehead atoms. The molecule has 3 aromatic rings. The second kappa shape index (κ2) is 11.5. The zero-order valence-corrected chi connectivity index (χ0v) is 21.4. The van der Waals surface area contributed by atoms with Crippen molar-refractivity contribution in [2.75, 3.05) is 11.9 Å². The second-order valence-corrected chi connectivity index (χ2v) is 9.72. The SMILES string of the molecule is CCOc1cc(/C=C(\C#N)C(=O)Nc2cccc(C(F)(F)F)c2)cc(Br)c1OS(=O)(=O)c1ccccc1. The van der Waals surface area contributed by atoms with E-state index in [0.29, 0.717) is 0 Å². The number of carbonyl (C=O) groups is 1. The van der Waals surface area contributed by atoms with E-state index in [2.05, 4.69) is 21.2 Å². The van der Waals surface area contributed by atoms with Crippen LogP contribution in [0.4, 0.5) is 18.9 Å². The number of alkyl halides is 3. The number of carbonyl (C=O) groups excluding carboxylic acids is 1. The van der Waals surface area contributed by atoms with Crippen LogP contribution in [-0.4, -0.2) is 20.9 Å². The van der Waals surface area contributed by atoms with Crippen molar-refractivity contribution in [3.05, 3.63) is 87.9 Å². The van der Waals surface area contributed by atoms with E-state index in [-0.39, 0.29) is 38.7 Å². The number of ether oxygens (including phenoxy) is 1. The predicted molar refractivity (Wildman–Crippen MR) is 133 cm³/mol. The highest BCUT2D eigenvalue weighted by Gasteiger charge is 2.30. The van der Waals surface area contributed by atoms with Crippen LogP contribution in [0.5, 0.6) is 11.5 Å². The number of anilines is 1. The molecular weight excluding hydrogens is 577 g/mol. The molecule has 0 aliphatic carbocycles. The van der Waals surface area contributed by atoms with Gasteiger partial charge in [0.15, 0.2) is 11.5 Å². The Labute approximate surface area is 219 Å². The second-order valence-electron chi connectivity index (χ2n) is 7.32. The van der Waals surface area contributed by atoms with Crippen LogP contribution < -0.4 is 14.2 Å². The highest BCUT2D eigenvalue weighted by Crippen LogP contribution is 2.39. The monoisotopic (exact) mass is 594 g/mol. The van der Waals surface area contributed by atoms with Gasteiger partial charge in [-0.15, -0.1) is 0 Å². The molecule has 0 saturated carbocycles. The number of rotatable bonds is 8. The number of amides is 1. The number of hydrogen-bond acceptors (Lipinski definition) is 6. The summed E-state index contributed by atoms with van der Waals surface area (Å²) in [5.41, 5.74) is -1.26. The Balaban J connectivity index is 1.92. The van der Waals surface area contributed by atoms with Crippen LogP contribution >= 0.6 is 15.9 Å². The first-order chi connectivity index (χ1) is 17.4. The third-order valence-electron chi connectivity index (χ3n) is 4.68. The van der Waals surface area contributed by atoms with E-state index in [4.69, 9.17) is 8.92 Å². The van der Waals surface area contributed by atoms with Gasteiger partial charge in [-0.1, -0.05) is 24.3 Å². The summed E-state index contributed by atoms with van der Waals surface area (Å²) < 4.78 is 75.2. The van der Waals surface area contributed by atoms with Gasteiger partial charge in [0.25, 0.3) is 5.91 Å². The predicted octanol–water partition coefficient (Wildman–Crippen LogP) is 6.18. The molecule has 12 heteroatoms. The fourth-order valence-corrected chi connectivity index (χ4v) is 4.67. The summed E-state index contributed by atoms with van der Waals surface area (Å²) in [5, 5.41) is 11.8. The van der Waals surface area contributed by atoms with E-state index in [1.165, 1.54) is 48.5 Å². The maximum absolute atomic E-state index is 12.9. The normalized spacial score (nSPS) is 11.9. The lowest BCUT2D eigenvalue weighted by molar-refractivity contribution is -0.137. The molecule has 37 heavy (non-hydrogen) atoms. The first kappa shape index (κ1) is 27.8. The third-order valence-corrected chi connectivity index (χ3v) is 6.51. The maximum atomic E-state index is 12.9. The van der Waals surface area contributed by atoms with Crippen LogP contribution in [0, 0.1) is 11.3 Å². The Morgan fingerprint density at radius 1 is 1.11 bits per heavy atom. The molecule has 1 N–H and O–H groups in total. The highest BCUT2D eigenvalue weighted by molar-refractivity contribution is 9.10. The summed E-state index contributed by atoms with van der Waals surface area (Å²) >= 11 is 3.23. The summed E-state index contributed by atoms with van der Waals surface area (Å²) in [5.74, 6) is -1.07. The number of nitriles is 1. The Kier molecular flexibility index (Phi) is 8.62. The largest absolute Gasteiger partial charge is 0.490 e. The van der Waals surface area contributed by atoms with E-state index >= 15 is 0 Å². The summed E-state index contributed by atoms with van der Waals surface area (Å²) in [6.07, 6.45) is -3.43. The average molecular weight is 595 g/mol. The number of nitrogens with one attached hydrogen (secondary N) is 1. The van der Waals surface area contributed by atoms with E-state index in [9.17, 15) is 31.6 Å². The van der Waals surface area contributed by atoms with Gasteiger partial charge in [-0.3, -0.25) is 4.79 Å². The number of nitrogens with zero attached hydrogens (tertiary/aromatic N) is 1. The van der Waals surface area contributed by atoms with Gasteiger partial charge in [0.2, 0.25) is 0 Å². The van der Waals surface area contributed by atoms with E-state index in [1.807, 2.05) is 0 Å². The molecule has 7 nitrogen and oxygen atoms in total. The lowest BCUT2D eigenvalue weighted by Gasteiger charge is -2.14. The van der Waals surface area contributed by atoms with Crippen molar-refractivity contribution in [1.29, 1.82) is 5.26 Å². The zero-order chi connectivity index (χ0) is 27.2. The van der Waals surface area contributed by atoms with Crippen molar-refractivity contribution in [2.45, 2.75) is 18.0 Å². The van der Waals surface area contributed by atoms with Crippen molar-refractivity contribution < 1.29 is 35.3 Å². The van der Waals surface area contributed by atoms with Gasteiger partial charge < -0.3 is 14.2 Å². The Morgan fingerprint density at radius 3 is 2.43 bits per heavy atom. The third kappa shape index (κ3) is 7.12. The fraction of sp³-hybridized carbons (Fsp3) is 0.120. The highest BCUT2D eigenvalue weighted by atomic mass is 79.9. The summed E-state index contributed by atoms with van der Waals surface area (Å²) in [6, 6.07) is 15.9. The lowest BCUT2D eigenvalue weighted by atomic mass is 10.1. The van der Waals surface area contributed by atoms with Crippen LogP contribution in [0.1, 0.15) is 18.1 Å². The molecule has 0 heterocycles. The van der Waals surface area contributed by atoms with E-state index in [1.54, 1.807) is 19.1 Å². The van der Waals surface area contributed by atoms with Gasteiger partial charge in [0.1, 0.15) is 16.5 Å². The van der Waals surface area contributed by atoms with Gasteiger partial charge in [-0.25, -0.2) is 0 Å². The first-order valence-electron chi connectivity index (χ1n) is 10.5.